The van der Waals surface area contributed by atoms with E-state index in [9.17, 15) is 14.0 Å². The number of halogens is 1. The minimum absolute atomic E-state index is 0.0201. The van der Waals surface area contributed by atoms with Gasteiger partial charge in [0.2, 0.25) is 0 Å². The van der Waals surface area contributed by atoms with Crippen LogP contribution < -0.4 is 14.8 Å². The molecule has 0 radical (unpaired) electrons. The van der Waals surface area contributed by atoms with E-state index in [2.05, 4.69) is 5.32 Å². The maximum atomic E-state index is 12.9. The smallest absolute Gasteiger partial charge is 0.311 e. The van der Waals surface area contributed by atoms with Crippen LogP contribution in [0.1, 0.15) is 18.1 Å². The van der Waals surface area contributed by atoms with Crippen molar-refractivity contribution < 1.29 is 28.2 Å². The molecule has 7 heteroatoms. The van der Waals surface area contributed by atoms with E-state index >= 15 is 0 Å². The standard InChI is InChI=1S/C20H20FNO5/c1-13(20(24)22-12-14-2-5-16(21)6-3-14)27-19(23)11-15-4-7-17-18(10-15)26-9-8-25-17/h2-7,10,13H,8-9,11-12H2,1H3,(H,22,24). The van der Waals surface area contributed by atoms with Gasteiger partial charge in [-0.2, -0.15) is 0 Å². The molecule has 6 nitrogen and oxygen atoms in total. The van der Waals surface area contributed by atoms with Gasteiger partial charge in [-0.1, -0.05) is 18.2 Å². The molecule has 1 aliphatic heterocycles. The van der Waals surface area contributed by atoms with Crippen LogP contribution in [0.15, 0.2) is 42.5 Å². The van der Waals surface area contributed by atoms with Gasteiger partial charge >= 0.3 is 5.97 Å². The molecule has 1 heterocycles. The molecule has 142 valence electrons. The minimum atomic E-state index is -0.935. The fraction of sp³-hybridized carbons (Fsp3) is 0.300. The van der Waals surface area contributed by atoms with E-state index in [4.69, 9.17) is 14.2 Å². The zero-order chi connectivity index (χ0) is 19.2. The Kier molecular flexibility index (Phi) is 5.90. The summed E-state index contributed by atoms with van der Waals surface area (Å²) in [7, 11) is 0. The van der Waals surface area contributed by atoms with E-state index in [0.717, 1.165) is 5.56 Å². The van der Waals surface area contributed by atoms with Gasteiger partial charge in [0.05, 0.1) is 6.42 Å². The van der Waals surface area contributed by atoms with Crippen LogP contribution in [-0.2, 0) is 27.3 Å². The molecule has 1 N–H and O–H groups in total. The predicted octanol–water partition coefficient (Wildman–Crippen LogP) is 2.39. The summed E-state index contributed by atoms with van der Waals surface area (Å²) in [6.07, 6.45) is -0.915. The lowest BCUT2D eigenvalue weighted by Crippen LogP contribution is -2.35. The third kappa shape index (κ3) is 5.20. The van der Waals surface area contributed by atoms with Crippen molar-refractivity contribution in [3.8, 4) is 11.5 Å². The van der Waals surface area contributed by atoms with Crippen molar-refractivity contribution in [1.82, 2.24) is 5.32 Å². The molecule has 1 amide bonds. The monoisotopic (exact) mass is 373 g/mol. The maximum Gasteiger partial charge on any atom is 0.311 e. The van der Waals surface area contributed by atoms with Crippen LogP contribution in [0, 0.1) is 5.82 Å². The number of hydrogen-bond acceptors (Lipinski definition) is 5. The highest BCUT2D eigenvalue weighted by Crippen LogP contribution is 2.30. The lowest BCUT2D eigenvalue weighted by atomic mass is 10.1. The van der Waals surface area contributed by atoms with E-state index in [-0.39, 0.29) is 18.8 Å². The number of amides is 1. The molecular formula is C20H20FNO5. The average molecular weight is 373 g/mol. The fourth-order valence-corrected chi connectivity index (χ4v) is 2.59. The second-order valence-corrected chi connectivity index (χ2v) is 6.13. The summed E-state index contributed by atoms with van der Waals surface area (Å²) in [5, 5.41) is 2.65. The molecule has 3 rings (SSSR count). The summed E-state index contributed by atoms with van der Waals surface area (Å²) >= 11 is 0. The molecule has 0 saturated heterocycles. The van der Waals surface area contributed by atoms with Gasteiger partial charge in [0.15, 0.2) is 17.6 Å². The number of benzene rings is 2. The Morgan fingerprint density at radius 3 is 2.48 bits per heavy atom. The maximum absolute atomic E-state index is 12.9. The molecule has 1 aliphatic rings. The first kappa shape index (κ1) is 18.7. The first-order valence-corrected chi connectivity index (χ1v) is 8.61. The summed E-state index contributed by atoms with van der Waals surface area (Å²) < 4.78 is 29.0. The Labute approximate surface area is 156 Å². The van der Waals surface area contributed by atoms with Crippen molar-refractivity contribution in [1.29, 1.82) is 0 Å². The number of carbonyl (C=O) groups is 2. The molecule has 0 saturated carbocycles. The fourth-order valence-electron chi connectivity index (χ4n) is 2.59. The molecule has 2 aromatic rings. The van der Waals surface area contributed by atoms with E-state index in [0.29, 0.717) is 30.3 Å². The van der Waals surface area contributed by atoms with Crippen LogP contribution in [0.3, 0.4) is 0 Å². The zero-order valence-corrected chi connectivity index (χ0v) is 14.9. The highest BCUT2D eigenvalue weighted by molar-refractivity contribution is 5.83. The highest BCUT2D eigenvalue weighted by Gasteiger charge is 2.19. The van der Waals surface area contributed by atoms with Gasteiger partial charge in [0.1, 0.15) is 19.0 Å². The molecule has 2 aromatic carbocycles. The molecule has 0 aliphatic carbocycles. The summed E-state index contributed by atoms with van der Waals surface area (Å²) in [6.45, 7) is 2.69. The van der Waals surface area contributed by atoms with Gasteiger partial charge in [-0.05, 0) is 42.3 Å². The molecular weight excluding hydrogens is 353 g/mol. The molecule has 1 atom stereocenters. The highest BCUT2D eigenvalue weighted by atomic mass is 19.1. The number of fused-ring (bicyclic) bond motifs is 1. The van der Waals surface area contributed by atoms with Gasteiger partial charge in [-0.25, -0.2) is 4.39 Å². The summed E-state index contributed by atoms with van der Waals surface area (Å²) in [5.41, 5.74) is 1.46. The largest absolute Gasteiger partial charge is 0.486 e. The van der Waals surface area contributed by atoms with Crippen LogP contribution in [0.2, 0.25) is 0 Å². The second-order valence-electron chi connectivity index (χ2n) is 6.13. The Morgan fingerprint density at radius 1 is 1.07 bits per heavy atom. The lowest BCUT2D eigenvalue weighted by molar-refractivity contribution is -0.154. The van der Waals surface area contributed by atoms with Crippen molar-refractivity contribution in [2.24, 2.45) is 0 Å². The first-order chi connectivity index (χ1) is 13.0. The van der Waals surface area contributed by atoms with Crippen LogP contribution >= 0.6 is 0 Å². The summed E-state index contributed by atoms with van der Waals surface area (Å²) in [4.78, 5) is 24.2. The first-order valence-electron chi connectivity index (χ1n) is 8.61. The van der Waals surface area contributed by atoms with Crippen LogP contribution in [-0.4, -0.2) is 31.2 Å². The van der Waals surface area contributed by atoms with E-state index in [1.165, 1.54) is 19.1 Å². The molecule has 0 fully saturated rings. The van der Waals surface area contributed by atoms with Gasteiger partial charge in [0.25, 0.3) is 5.91 Å². The van der Waals surface area contributed by atoms with E-state index in [1.54, 1.807) is 30.3 Å². The van der Waals surface area contributed by atoms with E-state index in [1.807, 2.05) is 0 Å². The lowest BCUT2D eigenvalue weighted by Gasteiger charge is -2.19. The average Bonchev–Trinajstić information content (AvgIpc) is 2.67. The number of ether oxygens (including phenoxy) is 3. The predicted molar refractivity (Wildman–Crippen MR) is 94.9 cm³/mol. The second kappa shape index (κ2) is 8.53. The Morgan fingerprint density at radius 2 is 1.74 bits per heavy atom. The van der Waals surface area contributed by atoms with Crippen molar-refractivity contribution in [3.05, 3.63) is 59.4 Å². The van der Waals surface area contributed by atoms with Crippen LogP contribution in [0.4, 0.5) is 4.39 Å². The number of nitrogens with one attached hydrogen (secondary N) is 1. The molecule has 0 aromatic heterocycles. The number of hydrogen-bond donors (Lipinski definition) is 1. The Hall–Kier alpha value is -3.09. The van der Waals surface area contributed by atoms with Gasteiger partial charge in [-0.3, -0.25) is 9.59 Å². The molecule has 27 heavy (non-hydrogen) atoms. The zero-order valence-electron chi connectivity index (χ0n) is 14.9. The third-order valence-corrected chi connectivity index (χ3v) is 4.01. The topological polar surface area (TPSA) is 73.9 Å². The molecule has 1 unspecified atom stereocenters. The minimum Gasteiger partial charge on any atom is -0.486 e. The van der Waals surface area contributed by atoms with Gasteiger partial charge in [0, 0.05) is 6.54 Å². The normalized spacial score (nSPS) is 13.6. The number of rotatable bonds is 6. The Balaban J connectivity index is 1.48. The van der Waals surface area contributed by atoms with Crippen LogP contribution in [0.25, 0.3) is 0 Å². The van der Waals surface area contributed by atoms with Crippen molar-refractivity contribution in [3.63, 3.8) is 0 Å². The summed E-state index contributed by atoms with van der Waals surface area (Å²) in [5.74, 6) is -0.0407. The van der Waals surface area contributed by atoms with E-state index < -0.39 is 18.0 Å². The number of esters is 1. The molecule has 0 spiro atoms. The quantitative estimate of drug-likeness (QED) is 0.787. The van der Waals surface area contributed by atoms with Crippen molar-refractivity contribution >= 4 is 11.9 Å². The third-order valence-electron chi connectivity index (χ3n) is 4.01. The van der Waals surface area contributed by atoms with Gasteiger partial charge in [-0.15, -0.1) is 0 Å². The Bertz CT molecular complexity index is 822. The van der Waals surface area contributed by atoms with Gasteiger partial charge < -0.3 is 19.5 Å². The van der Waals surface area contributed by atoms with Crippen LogP contribution in [0.5, 0.6) is 11.5 Å². The summed E-state index contributed by atoms with van der Waals surface area (Å²) in [6, 6.07) is 11.0. The van der Waals surface area contributed by atoms with Crippen molar-refractivity contribution in [2.45, 2.75) is 26.0 Å². The number of carbonyl (C=O) groups excluding carboxylic acids is 2. The van der Waals surface area contributed by atoms with Crippen molar-refractivity contribution in [2.75, 3.05) is 13.2 Å². The molecule has 0 bridgehead atoms. The SMILES string of the molecule is CC(OC(=O)Cc1ccc2c(c1)OCCO2)C(=O)NCc1ccc(F)cc1.